The smallest absolute Gasteiger partial charge is 0.410 e. The Morgan fingerprint density at radius 1 is 1.50 bits per heavy atom. The van der Waals surface area contributed by atoms with E-state index < -0.39 is 18.2 Å². The Morgan fingerprint density at radius 3 is 2.73 bits per heavy atom. The van der Waals surface area contributed by atoms with Crippen molar-refractivity contribution in [3.8, 4) is 5.75 Å². The van der Waals surface area contributed by atoms with E-state index in [4.69, 9.17) is 9.47 Å². The number of carbonyl (C=O) groups excluding carboxylic acids is 1. The number of carbonyl (C=O) groups is 1. The van der Waals surface area contributed by atoms with Crippen LogP contribution >= 0.6 is 15.9 Å². The van der Waals surface area contributed by atoms with Crippen LogP contribution in [-0.2, 0) is 4.74 Å². The number of aromatic nitrogens is 2. The van der Waals surface area contributed by atoms with Crippen LogP contribution in [0.4, 0.5) is 13.6 Å². The predicted molar refractivity (Wildman–Crippen MR) is 78.0 cm³/mol. The molecule has 0 unspecified atom stereocenters. The highest BCUT2D eigenvalue weighted by Crippen LogP contribution is 2.30. The molecule has 0 bridgehead atoms. The molecule has 22 heavy (non-hydrogen) atoms. The van der Waals surface area contributed by atoms with Gasteiger partial charge in [0.2, 0.25) is 0 Å². The van der Waals surface area contributed by atoms with E-state index in [1.165, 1.54) is 6.20 Å². The quantitative estimate of drug-likeness (QED) is 0.804. The van der Waals surface area contributed by atoms with Gasteiger partial charge >= 0.3 is 12.6 Å². The first-order valence-corrected chi connectivity index (χ1v) is 7.62. The van der Waals surface area contributed by atoms with Crippen molar-refractivity contribution in [2.45, 2.75) is 45.4 Å². The molecule has 1 atom stereocenters. The maximum Gasteiger partial charge on any atom is 0.410 e. The van der Waals surface area contributed by atoms with Gasteiger partial charge in [-0.3, -0.25) is 0 Å². The van der Waals surface area contributed by atoms with Gasteiger partial charge in [0.1, 0.15) is 11.7 Å². The van der Waals surface area contributed by atoms with Crippen LogP contribution in [0.3, 0.4) is 0 Å². The number of nitrogens with zero attached hydrogens (tertiary/aromatic N) is 3. The second-order valence-corrected chi connectivity index (χ2v) is 6.73. The Kier molecular flexibility index (Phi) is 4.93. The van der Waals surface area contributed by atoms with Crippen LogP contribution in [0, 0.1) is 0 Å². The Morgan fingerprint density at radius 2 is 2.18 bits per heavy atom. The lowest BCUT2D eigenvalue weighted by atomic mass is 10.2. The summed E-state index contributed by atoms with van der Waals surface area (Å²) in [6.45, 7) is 3.50. The molecule has 6 nitrogen and oxygen atoms in total. The molecule has 0 saturated carbocycles. The maximum absolute atomic E-state index is 12.6. The van der Waals surface area contributed by atoms with E-state index in [1.807, 2.05) is 0 Å². The van der Waals surface area contributed by atoms with Crippen molar-refractivity contribution in [3.05, 3.63) is 10.8 Å². The summed E-state index contributed by atoms with van der Waals surface area (Å²) >= 11 is 3.03. The molecule has 0 aromatic carbocycles. The molecule has 1 aliphatic heterocycles. The molecule has 124 valence electrons. The van der Waals surface area contributed by atoms with Crippen LogP contribution < -0.4 is 4.74 Å². The van der Waals surface area contributed by atoms with Crippen molar-refractivity contribution in [3.63, 3.8) is 0 Å². The van der Waals surface area contributed by atoms with Crippen LogP contribution in [0.15, 0.2) is 10.8 Å². The monoisotopic (exact) mass is 381 g/mol. The number of likely N-dealkylation sites (tertiary alicyclic amines) is 1. The van der Waals surface area contributed by atoms with E-state index in [0.29, 0.717) is 24.2 Å². The second kappa shape index (κ2) is 6.39. The lowest BCUT2D eigenvalue weighted by molar-refractivity contribution is 0.0275. The summed E-state index contributed by atoms with van der Waals surface area (Å²) in [6, 6.07) is 0. The third-order valence-electron chi connectivity index (χ3n) is 2.98. The minimum atomic E-state index is -2.74. The number of amides is 1. The molecule has 0 N–H and O–H groups in total. The zero-order valence-corrected chi connectivity index (χ0v) is 14.1. The van der Waals surface area contributed by atoms with E-state index in [1.54, 1.807) is 25.7 Å². The summed E-state index contributed by atoms with van der Waals surface area (Å²) in [5.74, 6) is 0.233. The van der Waals surface area contributed by atoms with Crippen LogP contribution in [0.5, 0.6) is 5.75 Å². The zero-order valence-electron chi connectivity index (χ0n) is 12.6. The standard InChI is InChI=1S/C13H18BrF2N3O3/c1-13(2,3)22-12(20)18-5-4-8(7-18)21-9-6-17-19(10(9)14)11(15)16/h6,8,11H,4-5,7H2,1-3H3/t8-/m0/s1. The topological polar surface area (TPSA) is 56.6 Å². The summed E-state index contributed by atoms with van der Waals surface area (Å²) in [4.78, 5) is 13.5. The van der Waals surface area contributed by atoms with E-state index in [-0.39, 0.29) is 16.5 Å². The summed E-state index contributed by atoms with van der Waals surface area (Å²) < 4.78 is 36.8. The minimum Gasteiger partial charge on any atom is -0.484 e. The molecule has 9 heteroatoms. The molecule has 1 saturated heterocycles. The van der Waals surface area contributed by atoms with E-state index in [9.17, 15) is 13.6 Å². The molecule has 1 aromatic rings. The Bertz CT molecular complexity index is 545. The SMILES string of the molecule is CC(C)(C)OC(=O)N1CC[C@H](Oc2cnn(C(F)F)c2Br)C1. The highest BCUT2D eigenvalue weighted by Gasteiger charge is 2.31. The van der Waals surface area contributed by atoms with Crippen LogP contribution in [-0.4, -0.2) is 45.6 Å². The van der Waals surface area contributed by atoms with Gasteiger partial charge in [-0.25, -0.2) is 4.79 Å². The van der Waals surface area contributed by atoms with Gasteiger partial charge in [-0.2, -0.15) is 18.6 Å². The Labute approximate surface area is 135 Å². The number of rotatable bonds is 3. The van der Waals surface area contributed by atoms with Crippen molar-refractivity contribution < 1.29 is 23.0 Å². The van der Waals surface area contributed by atoms with Crippen LogP contribution in [0.2, 0.25) is 0 Å². The fourth-order valence-electron chi connectivity index (χ4n) is 2.04. The Balaban J connectivity index is 1.93. The lowest BCUT2D eigenvalue weighted by Crippen LogP contribution is -2.36. The summed E-state index contributed by atoms with van der Waals surface area (Å²) in [5, 5.41) is 3.55. The van der Waals surface area contributed by atoms with E-state index in [0.717, 1.165) is 0 Å². The van der Waals surface area contributed by atoms with Gasteiger partial charge in [0.25, 0.3) is 0 Å². The van der Waals surface area contributed by atoms with Gasteiger partial charge in [-0.1, -0.05) is 0 Å². The average molecular weight is 382 g/mol. The molecule has 0 radical (unpaired) electrons. The fraction of sp³-hybridized carbons (Fsp3) is 0.692. The van der Waals surface area contributed by atoms with Gasteiger partial charge in [0.05, 0.1) is 12.7 Å². The molecule has 1 amide bonds. The van der Waals surface area contributed by atoms with Gasteiger partial charge in [0.15, 0.2) is 10.4 Å². The molecule has 0 aliphatic carbocycles. The highest BCUT2D eigenvalue weighted by atomic mass is 79.9. The second-order valence-electron chi connectivity index (χ2n) is 5.98. The fourth-order valence-corrected chi connectivity index (χ4v) is 2.49. The number of hydrogen-bond acceptors (Lipinski definition) is 4. The first-order valence-electron chi connectivity index (χ1n) is 6.83. The number of halogens is 3. The van der Waals surface area contributed by atoms with Gasteiger partial charge in [-0.15, -0.1) is 0 Å². The van der Waals surface area contributed by atoms with E-state index in [2.05, 4.69) is 21.0 Å². The molecular weight excluding hydrogens is 364 g/mol. The summed E-state index contributed by atoms with van der Waals surface area (Å²) in [5.41, 5.74) is -0.558. The first-order chi connectivity index (χ1) is 10.2. The van der Waals surface area contributed by atoms with Crippen molar-refractivity contribution >= 4 is 22.0 Å². The third kappa shape index (κ3) is 4.08. The molecule has 2 rings (SSSR count). The number of hydrogen-bond donors (Lipinski definition) is 0. The van der Waals surface area contributed by atoms with Crippen molar-refractivity contribution in [2.24, 2.45) is 0 Å². The number of alkyl halides is 2. The molecule has 2 heterocycles. The largest absolute Gasteiger partial charge is 0.484 e. The molecule has 1 fully saturated rings. The molecule has 1 aliphatic rings. The third-order valence-corrected chi connectivity index (χ3v) is 3.73. The van der Waals surface area contributed by atoms with Crippen molar-refractivity contribution in [2.75, 3.05) is 13.1 Å². The highest BCUT2D eigenvalue weighted by molar-refractivity contribution is 9.10. The molecule has 0 spiro atoms. The van der Waals surface area contributed by atoms with Crippen molar-refractivity contribution in [1.82, 2.24) is 14.7 Å². The van der Waals surface area contributed by atoms with Crippen LogP contribution in [0.1, 0.15) is 33.7 Å². The van der Waals surface area contributed by atoms with Gasteiger partial charge < -0.3 is 14.4 Å². The summed E-state index contributed by atoms with van der Waals surface area (Å²) in [6.07, 6.45) is 1.15. The first kappa shape index (κ1) is 17.0. The van der Waals surface area contributed by atoms with Gasteiger partial charge in [0, 0.05) is 13.0 Å². The lowest BCUT2D eigenvalue weighted by Gasteiger charge is -2.24. The van der Waals surface area contributed by atoms with Crippen LogP contribution in [0.25, 0.3) is 0 Å². The molecule has 1 aromatic heterocycles. The Hall–Kier alpha value is -1.38. The predicted octanol–water partition coefficient (Wildman–Crippen LogP) is 3.43. The molecular formula is C13H18BrF2N3O3. The minimum absolute atomic E-state index is 0.0817. The maximum atomic E-state index is 12.6. The van der Waals surface area contributed by atoms with Crippen molar-refractivity contribution in [1.29, 1.82) is 0 Å². The normalized spacial score (nSPS) is 18.9. The van der Waals surface area contributed by atoms with E-state index >= 15 is 0 Å². The summed E-state index contributed by atoms with van der Waals surface area (Å²) in [7, 11) is 0. The average Bonchev–Trinajstić information content (AvgIpc) is 2.96. The zero-order chi connectivity index (χ0) is 16.5. The number of ether oxygens (including phenoxy) is 2. The van der Waals surface area contributed by atoms with Gasteiger partial charge in [-0.05, 0) is 36.7 Å².